The van der Waals surface area contributed by atoms with Gasteiger partial charge in [-0.25, -0.2) is 0 Å². The Morgan fingerprint density at radius 1 is 1.05 bits per heavy atom. The predicted molar refractivity (Wildman–Crippen MR) is 83.6 cm³/mol. The maximum atomic E-state index is 5.87. The maximum Gasteiger partial charge on any atom is 0.127 e. The van der Waals surface area contributed by atoms with Crippen molar-refractivity contribution in [3.8, 4) is 17.2 Å². The highest BCUT2D eigenvalue weighted by atomic mass is 16.5. The lowest BCUT2D eigenvalue weighted by atomic mass is 10.3. The summed E-state index contributed by atoms with van der Waals surface area (Å²) in [6.07, 6.45) is 1.07. The third-order valence-electron chi connectivity index (χ3n) is 2.94. The van der Waals surface area contributed by atoms with E-state index in [9.17, 15) is 0 Å². The molecule has 5 heteroatoms. The third-order valence-corrected chi connectivity index (χ3v) is 2.94. The third kappa shape index (κ3) is 7.20. The lowest BCUT2D eigenvalue weighted by Gasteiger charge is -2.17. The number of methoxy groups -OCH3 is 2. The lowest BCUT2D eigenvalue weighted by molar-refractivity contribution is 0.143. The molecule has 0 aromatic heterocycles. The summed E-state index contributed by atoms with van der Waals surface area (Å²) in [4.78, 5) is 0. The first-order chi connectivity index (χ1) is 10.2. The average Bonchev–Trinajstić information content (AvgIpc) is 2.50. The van der Waals surface area contributed by atoms with E-state index in [0.717, 1.165) is 50.0 Å². The molecule has 0 fully saturated rings. The van der Waals surface area contributed by atoms with Crippen LogP contribution in [0.15, 0.2) is 18.2 Å². The van der Waals surface area contributed by atoms with Crippen LogP contribution in [0.4, 0.5) is 0 Å². The quantitative estimate of drug-likeness (QED) is 0.636. The molecular formula is C16H27NO4. The topological polar surface area (TPSA) is 49.0 Å². The first kappa shape index (κ1) is 17.6. The van der Waals surface area contributed by atoms with Crippen molar-refractivity contribution >= 4 is 0 Å². The van der Waals surface area contributed by atoms with Gasteiger partial charge in [-0.15, -0.1) is 0 Å². The van der Waals surface area contributed by atoms with E-state index in [-0.39, 0.29) is 6.10 Å². The molecule has 0 bridgehead atoms. The van der Waals surface area contributed by atoms with E-state index in [1.54, 1.807) is 14.2 Å². The summed E-state index contributed by atoms with van der Waals surface area (Å²) in [5.74, 6) is 2.19. The van der Waals surface area contributed by atoms with E-state index >= 15 is 0 Å². The molecule has 1 N–H and O–H groups in total. The number of rotatable bonds is 11. The summed E-state index contributed by atoms with van der Waals surface area (Å²) < 4.78 is 21.6. The fourth-order valence-electron chi connectivity index (χ4n) is 1.87. The van der Waals surface area contributed by atoms with E-state index in [1.807, 2.05) is 32.0 Å². The van der Waals surface area contributed by atoms with Crippen molar-refractivity contribution < 1.29 is 18.9 Å². The van der Waals surface area contributed by atoms with E-state index < -0.39 is 0 Å². The Kier molecular flexibility index (Phi) is 8.62. The molecule has 0 aliphatic carbocycles. The van der Waals surface area contributed by atoms with Crippen LogP contribution in [0.5, 0.6) is 17.2 Å². The molecule has 1 atom stereocenters. The first-order valence-electron chi connectivity index (χ1n) is 7.37. The molecule has 0 radical (unpaired) electrons. The highest BCUT2D eigenvalue weighted by Gasteiger charge is 2.07. The Bertz CT molecular complexity index is 376. The largest absolute Gasteiger partial charge is 0.496 e. The predicted octanol–water partition coefficient (Wildman–Crippen LogP) is 2.49. The van der Waals surface area contributed by atoms with Gasteiger partial charge in [-0.05, 0) is 26.8 Å². The molecule has 21 heavy (non-hydrogen) atoms. The van der Waals surface area contributed by atoms with Crippen LogP contribution < -0.4 is 19.5 Å². The van der Waals surface area contributed by atoms with E-state index in [4.69, 9.17) is 18.9 Å². The maximum absolute atomic E-state index is 5.87. The Morgan fingerprint density at radius 2 is 1.67 bits per heavy atom. The molecule has 1 aromatic carbocycles. The Labute approximate surface area is 127 Å². The minimum atomic E-state index is 0.0638. The van der Waals surface area contributed by atoms with Crippen LogP contribution in [0.2, 0.25) is 0 Å². The van der Waals surface area contributed by atoms with Gasteiger partial charge in [-0.2, -0.15) is 0 Å². The summed E-state index contributed by atoms with van der Waals surface area (Å²) in [6.45, 7) is 7.32. The molecule has 120 valence electrons. The van der Waals surface area contributed by atoms with Crippen molar-refractivity contribution in [3.05, 3.63) is 18.2 Å². The number of nitrogens with one attached hydrogen (secondary N) is 1. The molecule has 1 aromatic rings. The number of ether oxygens (including phenoxy) is 4. The van der Waals surface area contributed by atoms with Crippen molar-refractivity contribution in [1.82, 2.24) is 5.32 Å². The number of hydrogen-bond donors (Lipinski definition) is 1. The molecule has 0 aliphatic rings. The molecule has 0 heterocycles. The Hall–Kier alpha value is -1.46. The standard InChI is InChI=1S/C16H27NO4/c1-5-20-8-6-7-17-12-13(2)21-16-10-14(18-3)9-15(11-16)19-4/h9-11,13,17H,5-8,12H2,1-4H3. The zero-order chi connectivity index (χ0) is 15.5. The van der Waals surface area contributed by atoms with Crippen molar-refractivity contribution in [1.29, 1.82) is 0 Å². The molecule has 0 amide bonds. The molecule has 0 saturated carbocycles. The fourth-order valence-corrected chi connectivity index (χ4v) is 1.87. The van der Waals surface area contributed by atoms with E-state index in [0.29, 0.717) is 0 Å². The van der Waals surface area contributed by atoms with Gasteiger partial charge in [0.05, 0.1) is 14.2 Å². The highest BCUT2D eigenvalue weighted by Crippen LogP contribution is 2.27. The van der Waals surface area contributed by atoms with E-state index in [2.05, 4.69) is 5.32 Å². The van der Waals surface area contributed by atoms with Crippen molar-refractivity contribution in [3.63, 3.8) is 0 Å². The van der Waals surface area contributed by atoms with E-state index in [1.165, 1.54) is 0 Å². The summed E-state index contributed by atoms with van der Waals surface area (Å²) in [7, 11) is 3.25. The summed E-state index contributed by atoms with van der Waals surface area (Å²) in [5, 5.41) is 3.35. The van der Waals surface area contributed by atoms with Gasteiger partial charge in [0, 0.05) is 38.0 Å². The summed E-state index contributed by atoms with van der Waals surface area (Å²) in [6, 6.07) is 5.53. The number of hydrogen-bond acceptors (Lipinski definition) is 5. The summed E-state index contributed by atoms with van der Waals surface area (Å²) >= 11 is 0. The van der Waals surface area contributed by atoms with Gasteiger partial charge < -0.3 is 24.3 Å². The Balaban J connectivity index is 2.35. The van der Waals surface area contributed by atoms with Gasteiger partial charge in [0.2, 0.25) is 0 Å². The highest BCUT2D eigenvalue weighted by molar-refractivity contribution is 5.42. The average molecular weight is 297 g/mol. The van der Waals surface area contributed by atoms with Gasteiger partial charge in [0.15, 0.2) is 0 Å². The minimum Gasteiger partial charge on any atom is -0.496 e. The van der Waals surface area contributed by atoms with Crippen molar-refractivity contribution in [2.75, 3.05) is 40.5 Å². The van der Waals surface area contributed by atoms with Gasteiger partial charge in [-0.1, -0.05) is 0 Å². The molecule has 0 saturated heterocycles. The SMILES string of the molecule is CCOCCCNCC(C)Oc1cc(OC)cc(OC)c1. The van der Waals surface area contributed by atoms with Crippen LogP contribution in [0.3, 0.4) is 0 Å². The summed E-state index contributed by atoms with van der Waals surface area (Å²) in [5.41, 5.74) is 0. The smallest absolute Gasteiger partial charge is 0.127 e. The second-order valence-electron chi connectivity index (χ2n) is 4.73. The first-order valence-corrected chi connectivity index (χ1v) is 7.37. The van der Waals surface area contributed by atoms with Crippen LogP contribution in [0.25, 0.3) is 0 Å². The number of benzene rings is 1. The van der Waals surface area contributed by atoms with Crippen LogP contribution in [0, 0.1) is 0 Å². The fraction of sp³-hybridized carbons (Fsp3) is 0.625. The van der Waals surface area contributed by atoms with Crippen LogP contribution in [-0.2, 0) is 4.74 Å². The van der Waals surface area contributed by atoms with Gasteiger partial charge >= 0.3 is 0 Å². The normalized spacial score (nSPS) is 12.0. The lowest BCUT2D eigenvalue weighted by Crippen LogP contribution is -2.30. The van der Waals surface area contributed by atoms with Crippen LogP contribution >= 0.6 is 0 Å². The second kappa shape index (κ2) is 10.3. The molecule has 1 rings (SSSR count). The molecule has 5 nitrogen and oxygen atoms in total. The van der Waals surface area contributed by atoms with Crippen LogP contribution in [-0.4, -0.2) is 46.6 Å². The zero-order valence-corrected chi connectivity index (χ0v) is 13.5. The molecule has 0 aliphatic heterocycles. The van der Waals surface area contributed by atoms with Crippen LogP contribution in [0.1, 0.15) is 20.3 Å². The Morgan fingerprint density at radius 3 is 2.24 bits per heavy atom. The van der Waals surface area contributed by atoms with Gasteiger partial charge in [0.1, 0.15) is 23.4 Å². The van der Waals surface area contributed by atoms with Crippen molar-refractivity contribution in [2.24, 2.45) is 0 Å². The minimum absolute atomic E-state index is 0.0638. The van der Waals surface area contributed by atoms with Gasteiger partial charge in [0.25, 0.3) is 0 Å². The monoisotopic (exact) mass is 297 g/mol. The molecular weight excluding hydrogens is 270 g/mol. The molecule has 1 unspecified atom stereocenters. The molecule has 0 spiro atoms. The van der Waals surface area contributed by atoms with Gasteiger partial charge in [-0.3, -0.25) is 0 Å². The van der Waals surface area contributed by atoms with Crippen molar-refractivity contribution in [2.45, 2.75) is 26.4 Å². The zero-order valence-electron chi connectivity index (χ0n) is 13.5. The second-order valence-corrected chi connectivity index (χ2v) is 4.73.